The van der Waals surface area contributed by atoms with Gasteiger partial charge in [-0.25, -0.2) is 9.07 Å². The molecule has 3 nitrogen and oxygen atoms in total. The van der Waals surface area contributed by atoms with Crippen molar-refractivity contribution in [2.45, 2.75) is 26.2 Å². The van der Waals surface area contributed by atoms with E-state index < -0.39 is 0 Å². The normalized spacial score (nSPS) is 13.9. The van der Waals surface area contributed by atoms with Gasteiger partial charge in [0.25, 0.3) is 0 Å². The summed E-state index contributed by atoms with van der Waals surface area (Å²) in [5.74, 6) is 0.697. The molecule has 0 saturated heterocycles. The fourth-order valence-electron chi connectivity index (χ4n) is 3.37. The van der Waals surface area contributed by atoms with Crippen molar-refractivity contribution in [3.8, 4) is 16.9 Å². The summed E-state index contributed by atoms with van der Waals surface area (Å²) >= 11 is 6.31. The number of fused-ring (bicyclic) bond motifs is 1. The molecule has 0 atom stereocenters. The molecule has 0 amide bonds. The van der Waals surface area contributed by atoms with Crippen LogP contribution in [0.25, 0.3) is 16.9 Å². The van der Waals surface area contributed by atoms with E-state index in [2.05, 4.69) is 5.32 Å². The van der Waals surface area contributed by atoms with Crippen molar-refractivity contribution in [1.82, 2.24) is 9.78 Å². The standard InChI is InChI=1S/C20H19ClFN3/c1-13-16(21)9-6-11-18(13)25-20-15(8-4-5-12-23-20)19(24-25)14-7-2-3-10-17(14)22/h2-3,6-7,9-11,23H,4-5,8,12H2,1H3. The maximum Gasteiger partial charge on any atom is 0.133 e. The van der Waals surface area contributed by atoms with Gasteiger partial charge >= 0.3 is 0 Å². The van der Waals surface area contributed by atoms with E-state index in [9.17, 15) is 4.39 Å². The lowest BCUT2D eigenvalue weighted by molar-refractivity contribution is 0.630. The highest BCUT2D eigenvalue weighted by molar-refractivity contribution is 6.31. The van der Waals surface area contributed by atoms with E-state index in [0.29, 0.717) is 16.3 Å². The van der Waals surface area contributed by atoms with Crippen molar-refractivity contribution in [3.05, 3.63) is 64.4 Å². The number of nitrogens with zero attached hydrogens (tertiary/aromatic N) is 2. The van der Waals surface area contributed by atoms with Crippen LogP contribution in [-0.2, 0) is 6.42 Å². The Balaban J connectivity index is 1.97. The van der Waals surface area contributed by atoms with Gasteiger partial charge in [-0.1, -0.05) is 29.8 Å². The molecule has 5 heteroatoms. The van der Waals surface area contributed by atoms with E-state index in [1.54, 1.807) is 12.1 Å². The fraction of sp³-hybridized carbons (Fsp3) is 0.250. The van der Waals surface area contributed by atoms with E-state index in [-0.39, 0.29) is 5.82 Å². The van der Waals surface area contributed by atoms with Gasteiger partial charge in [0.2, 0.25) is 0 Å². The summed E-state index contributed by atoms with van der Waals surface area (Å²) in [6.07, 6.45) is 3.02. The average Bonchev–Trinajstić information content (AvgIpc) is 2.79. The van der Waals surface area contributed by atoms with E-state index >= 15 is 0 Å². The number of anilines is 1. The Morgan fingerprint density at radius 2 is 1.96 bits per heavy atom. The number of benzene rings is 2. The zero-order valence-corrected chi connectivity index (χ0v) is 14.8. The molecule has 3 aromatic rings. The van der Waals surface area contributed by atoms with Crippen LogP contribution in [-0.4, -0.2) is 16.3 Å². The lowest BCUT2D eigenvalue weighted by Gasteiger charge is -2.12. The minimum absolute atomic E-state index is 0.248. The van der Waals surface area contributed by atoms with Crippen molar-refractivity contribution >= 4 is 17.4 Å². The van der Waals surface area contributed by atoms with E-state index in [1.807, 2.05) is 35.9 Å². The monoisotopic (exact) mass is 355 g/mol. The van der Waals surface area contributed by atoms with E-state index in [0.717, 1.165) is 48.4 Å². The first-order chi connectivity index (χ1) is 12.2. The molecule has 0 unspecified atom stereocenters. The summed E-state index contributed by atoms with van der Waals surface area (Å²) in [5, 5.41) is 8.97. The number of rotatable bonds is 2. The minimum Gasteiger partial charge on any atom is -0.370 e. The van der Waals surface area contributed by atoms with E-state index in [1.165, 1.54) is 6.07 Å². The topological polar surface area (TPSA) is 29.9 Å². The third-order valence-corrected chi connectivity index (χ3v) is 5.14. The lowest BCUT2D eigenvalue weighted by Crippen LogP contribution is -2.08. The minimum atomic E-state index is -0.248. The maximum atomic E-state index is 14.4. The molecule has 2 heterocycles. The Hall–Kier alpha value is -2.33. The summed E-state index contributed by atoms with van der Waals surface area (Å²) in [6, 6.07) is 12.6. The number of nitrogens with one attached hydrogen (secondary N) is 1. The lowest BCUT2D eigenvalue weighted by atomic mass is 10.0. The Kier molecular flexibility index (Phi) is 4.22. The molecule has 0 spiro atoms. The second-order valence-electron chi connectivity index (χ2n) is 6.34. The van der Waals surface area contributed by atoms with Crippen LogP contribution in [0.1, 0.15) is 24.0 Å². The van der Waals surface area contributed by atoms with Crippen LogP contribution < -0.4 is 5.32 Å². The van der Waals surface area contributed by atoms with Gasteiger partial charge in [-0.15, -0.1) is 0 Å². The van der Waals surface area contributed by atoms with Crippen LogP contribution in [0.4, 0.5) is 10.2 Å². The SMILES string of the molecule is Cc1c(Cl)cccc1-n1nc(-c2ccccc2F)c2c1NCCCC2. The molecular formula is C20H19ClFN3. The summed E-state index contributed by atoms with van der Waals surface area (Å²) in [5.41, 5.74) is 4.20. The van der Waals surface area contributed by atoms with Crippen molar-refractivity contribution in [3.63, 3.8) is 0 Å². The smallest absolute Gasteiger partial charge is 0.133 e. The maximum absolute atomic E-state index is 14.4. The van der Waals surface area contributed by atoms with Crippen molar-refractivity contribution in [2.24, 2.45) is 0 Å². The van der Waals surface area contributed by atoms with Gasteiger partial charge < -0.3 is 5.32 Å². The Morgan fingerprint density at radius 3 is 2.80 bits per heavy atom. The zero-order chi connectivity index (χ0) is 17.4. The highest BCUT2D eigenvalue weighted by atomic mass is 35.5. The van der Waals surface area contributed by atoms with Crippen molar-refractivity contribution in [2.75, 3.05) is 11.9 Å². The first-order valence-electron chi connectivity index (χ1n) is 8.53. The second kappa shape index (κ2) is 6.52. The Labute approximate surface area is 151 Å². The van der Waals surface area contributed by atoms with Crippen molar-refractivity contribution in [1.29, 1.82) is 0 Å². The van der Waals surface area contributed by atoms with Crippen molar-refractivity contribution < 1.29 is 4.39 Å². The van der Waals surface area contributed by atoms with Gasteiger partial charge in [-0.2, -0.15) is 5.10 Å². The summed E-state index contributed by atoms with van der Waals surface area (Å²) < 4.78 is 16.3. The molecule has 0 saturated carbocycles. The molecule has 1 aliphatic heterocycles. The number of hydrogen-bond donors (Lipinski definition) is 1. The summed E-state index contributed by atoms with van der Waals surface area (Å²) in [6.45, 7) is 2.86. The largest absolute Gasteiger partial charge is 0.370 e. The van der Waals surface area contributed by atoms with Crippen LogP contribution in [0.2, 0.25) is 5.02 Å². The first kappa shape index (κ1) is 16.2. The molecule has 1 aromatic heterocycles. The van der Waals surface area contributed by atoms with Gasteiger partial charge in [0.05, 0.1) is 5.69 Å². The van der Waals surface area contributed by atoms with Crippen LogP contribution in [0.3, 0.4) is 0 Å². The Bertz CT molecular complexity index is 933. The molecule has 4 rings (SSSR count). The predicted molar refractivity (Wildman–Crippen MR) is 100 cm³/mol. The number of hydrogen-bond acceptors (Lipinski definition) is 2. The number of halogens is 2. The van der Waals surface area contributed by atoms with Gasteiger partial charge in [-0.3, -0.25) is 0 Å². The van der Waals surface area contributed by atoms with Gasteiger partial charge in [-0.05, 0) is 56.0 Å². The third-order valence-electron chi connectivity index (χ3n) is 4.73. The molecule has 0 aliphatic carbocycles. The Morgan fingerprint density at radius 1 is 1.12 bits per heavy atom. The highest BCUT2D eigenvalue weighted by Crippen LogP contribution is 2.36. The number of aromatic nitrogens is 2. The third kappa shape index (κ3) is 2.81. The van der Waals surface area contributed by atoms with Crippen LogP contribution in [0, 0.1) is 12.7 Å². The van der Waals surface area contributed by atoms with Gasteiger partial charge in [0, 0.05) is 22.7 Å². The van der Waals surface area contributed by atoms with E-state index in [4.69, 9.17) is 16.7 Å². The van der Waals surface area contributed by atoms with Crippen LogP contribution in [0.15, 0.2) is 42.5 Å². The molecule has 2 aromatic carbocycles. The molecule has 1 aliphatic rings. The molecule has 0 radical (unpaired) electrons. The quantitative estimate of drug-likeness (QED) is 0.668. The predicted octanol–water partition coefficient (Wildman–Crippen LogP) is 5.39. The molecule has 128 valence electrons. The van der Waals surface area contributed by atoms with Gasteiger partial charge in [0.15, 0.2) is 0 Å². The summed E-state index contributed by atoms with van der Waals surface area (Å²) in [7, 11) is 0. The average molecular weight is 356 g/mol. The molecular weight excluding hydrogens is 337 g/mol. The zero-order valence-electron chi connectivity index (χ0n) is 14.0. The molecule has 0 fully saturated rings. The molecule has 1 N–H and O–H groups in total. The summed E-state index contributed by atoms with van der Waals surface area (Å²) in [4.78, 5) is 0. The first-order valence-corrected chi connectivity index (χ1v) is 8.91. The molecule has 25 heavy (non-hydrogen) atoms. The fourth-order valence-corrected chi connectivity index (χ4v) is 3.54. The van der Waals surface area contributed by atoms with Gasteiger partial charge in [0.1, 0.15) is 17.3 Å². The molecule has 0 bridgehead atoms. The highest BCUT2D eigenvalue weighted by Gasteiger charge is 2.24. The van der Waals surface area contributed by atoms with Crippen LogP contribution in [0.5, 0.6) is 0 Å². The second-order valence-corrected chi connectivity index (χ2v) is 6.74. The van der Waals surface area contributed by atoms with Crippen LogP contribution >= 0.6 is 11.6 Å².